The molecule has 0 N–H and O–H groups in total. The van der Waals surface area contributed by atoms with Crippen LogP contribution in [-0.4, -0.2) is 42.6 Å². The largest absolute Gasteiger partial charge is 0.493 e. The fourth-order valence-corrected chi connectivity index (χ4v) is 4.37. The molecule has 0 radical (unpaired) electrons. The summed E-state index contributed by atoms with van der Waals surface area (Å²) in [5.74, 6) is 0.0438. The van der Waals surface area contributed by atoms with Gasteiger partial charge in [0, 0.05) is 27.7 Å². The van der Waals surface area contributed by atoms with E-state index in [-0.39, 0.29) is 36.8 Å². The van der Waals surface area contributed by atoms with Crippen molar-refractivity contribution in [1.29, 1.82) is 0 Å². The minimum atomic E-state index is -0.596. The van der Waals surface area contributed by atoms with Crippen molar-refractivity contribution in [2.24, 2.45) is 0 Å². The van der Waals surface area contributed by atoms with Gasteiger partial charge in [0.15, 0.2) is 18.1 Å². The molecule has 1 heterocycles. The van der Waals surface area contributed by atoms with E-state index in [0.717, 1.165) is 24.8 Å². The molecule has 0 bridgehead atoms. The minimum absolute atomic E-state index is 0.149. The third-order valence-corrected chi connectivity index (χ3v) is 6.19. The molecule has 0 spiro atoms. The van der Waals surface area contributed by atoms with Gasteiger partial charge in [0.2, 0.25) is 0 Å². The van der Waals surface area contributed by atoms with Crippen LogP contribution in [0.25, 0.3) is 0 Å². The first-order valence-corrected chi connectivity index (χ1v) is 11.3. The Morgan fingerprint density at radius 1 is 1.03 bits per heavy atom. The van der Waals surface area contributed by atoms with E-state index in [1.165, 1.54) is 13.2 Å². The number of ether oxygens (including phenoxy) is 3. The first-order valence-electron chi connectivity index (χ1n) is 10.5. The van der Waals surface area contributed by atoms with Gasteiger partial charge in [-0.05, 0) is 63.4 Å². The van der Waals surface area contributed by atoms with Crippen molar-refractivity contribution in [2.45, 2.75) is 51.8 Å². The van der Waals surface area contributed by atoms with Crippen LogP contribution in [0.4, 0.5) is 0 Å². The van der Waals surface area contributed by atoms with Gasteiger partial charge in [-0.3, -0.25) is 4.79 Å². The van der Waals surface area contributed by atoms with E-state index in [9.17, 15) is 9.59 Å². The first-order chi connectivity index (χ1) is 15.3. The number of likely N-dealkylation sites (tertiary alicyclic amines) is 1. The minimum Gasteiger partial charge on any atom is -0.493 e. The SMILES string of the molecule is COc1cc(C(=O)OCC(=O)N2[C@H](C)CCC[C@@H]2C)ccc1OCc1ccc(Cl)cc1Cl. The highest BCUT2D eigenvalue weighted by Gasteiger charge is 2.29. The van der Waals surface area contributed by atoms with Crippen LogP contribution in [-0.2, 0) is 16.1 Å². The Morgan fingerprint density at radius 2 is 1.75 bits per heavy atom. The molecule has 0 aromatic heterocycles. The topological polar surface area (TPSA) is 65.1 Å². The maximum atomic E-state index is 12.6. The summed E-state index contributed by atoms with van der Waals surface area (Å²) in [6, 6.07) is 10.2. The summed E-state index contributed by atoms with van der Waals surface area (Å²) in [7, 11) is 1.48. The van der Waals surface area contributed by atoms with E-state index < -0.39 is 5.97 Å². The second-order valence-electron chi connectivity index (χ2n) is 7.90. The average molecular weight is 480 g/mol. The summed E-state index contributed by atoms with van der Waals surface area (Å²) in [5.41, 5.74) is 1.03. The zero-order valence-electron chi connectivity index (χ0n) is 18.4. The lowest BCUT2D eigenvalue weighted by atomic mass is 9.97. The third-order valence-electron chi connectivity index (χ3n) is 5.61. The van der Waals surface area contributed by atoms with Crippen LogP contribution in [0.1, 0.15) is 49.0 Å². The number of hydrogen-bond acceptors (Lipinski definition) is 5. The molecule has 2 atom stereocenters. The highest BCUT2D eigenvalue weighted by atomic mass is 35.5. The second kappa shape index (κ2) is 10.9. The van der Waals surface area contributed by atoms with Gasteiger partial charge in [-0.25, -0.2) is 4.79 Å². The summed E-state index contributed by atoms with van der Waals surface area (Å²) >= 11 is 12.1. The molecule has 1 fully saturated rings. The summed E-state index contributed by atoms with van der Waals surface area (Å²) in [6.45, 7) is 3.96. The number of amides is 1. The van der Waals surface area contributed by atoms with Gasteiger partial charge in [-0.1, -0.05) is 29.3 Å². The molecule has 172 valence electrons. The number of carbonyl (C=O) groups is 2. The number of hydrogen-bond donors (Lipinski definition) is 0. The van der Waals surface area contributed by atoms with Crippen LogP contribution in [0.3, 0.4) is 0 Å². The van der Waals surface area contributed by atoms with Crippen molar-refractivity contribution in [3.05, 3.63) is 57.6 Å². The first kappa shape index (κ1) is 24.2. The molecule has 1 aliphatic rings. The zero-order valence-corrected chi connectivity index (χ0v) is 19.9. The number of esters is 1. The molecule has 1 amide bonds. The van der Waals surface area contributed by atoms with Crippen molar-refractivity contribution < 1.29 is 23.8 Å². The van der Waals surface area contributed by atoms with Gasteiger partial charge >= 0.3 is 5.97 Å². The fraction of sp³-hybridized carbons (Fsp3) is 0.417. The second-order valence-corrected chi connectivity index (χ2v) is 8.74. The van der Waals surface area contributed by atoms with E-state index in [0.29, 0.717) is 21.5 Å². The zero-order chi connectivity index (χ0) is 23.3. The normalized spacial score (nSPS) is 18.2. The Balaban J connectivity index is 1.61. The smallest absolute Gasteiger partial charge is 0.338 e. The third kappa shape index (κ3) is 5.87. The molecule has 0 unspecified atom stereocenters. The monoisotopic (exact) mass is 479 g/mol. The van der Waals surface area contributed by atoms with E-state index in [1.807, 2.05) is 18.7 Å². The molecule has 1 aliphatic heterocycles. The van der Waals surface area contributed by atoms with E-state index in [1.54, 1.807) is 30.3 Å². The van der Waals surface area contributed by atoms with Crippen LogP contribution in [0.2, 0.25) is 10.0 Å². The molecule has 2 aromatic carbocycles. The molecule has 32 heavy (non-hydrogen) atoms. The molecule has 8 heteroatoms. The van der Waals surface area contributed by atoms with Crippen LogP contribution >= 0.6 is 23.2 Å². The molecule has 3 rings (SSSR count). The molecule has 0 saturated carbocycles. The van der Waals surface area contributed by atoms with Crippen LogP contribution in [0.15, 0.2) is 36.4 Å². The van der Waals surface area contributed by atoms with E-state index in [4.69, 9.17) is 37.4 Å². The Kier molecular flexibility index (Phi) is 8.26. The lowest BCUT2D eigenvalue weighted by molar-refractivity contribution is -0.140. The van der Waals surface area contributed by atoms with E-state index >= 15 is 0 Å². The van der Waals surface area contributed by atoms with Gasteiger partial charge in [0.25, 0.3) is 5.91 Å². The van der Waals surface area contributed by atoms with Crippen molar-refractivity contribution in [2.75, 3.05) is 13.7 Å². The fourth-order valence-electron chi connectivity index (χ4n) is 3.91. The van der Waals surface area contributed by atoms with Crippen LogP contribution in [0.5, 0.6) is 11.5 Å². The summed E-state index contributed by atoms with van der Waals surface area (Å²) in [5, 5.41) is 1.04. The maximum Gasteiger partial charge on any atom is 0.338 e. The molecular weight excluding hydrogens is 453 g/mol. The average Bonchev–Trinajstić information content (AvgIpc) is 2.76. The standard InChI is InChI=1S/C24H27Cl2NO5/c1-15-5-4-6-16(2)27(15)23(28)14-32-24(29)17-8-10-21(22(11-17)30-3)31-13-18-7-9-19(25)12-20(18)26/h7-12,15-16H,4-6,13-14H2,1-3H3/t15-,16+. The number of carbonyl (C=O) groups excluding carboxylic acids is 2. The molecule has 2 aromatic rings. The molecule has 6 nitrogen and oxygen atoms in total. The van der Waals surface area contributed by atoms with Gasteiger partial charge in [-0.15, -0.1) is 0 Å². The highest BCUT2D eigenvalue weighted by molar-refractivity contribution is 6.35. The highest BCUT2D eigenvalue weighted by Crippen LogP contribution is 2.30. The van der Waals surface area contributed by atoms with Crippen molar-refractivity contribution in [3.63, 3.8) is 0 Å². The predicted octanol–water partition coefficient (Wildman–Crippen LogP) is 5.53. The summed E-state index contributed by atoms with van der Waals surface area (Å²) in [6.07, 6.45) is 3.03. The predicted molar refractivity (Wildman–Crippen MR) is 124 cm³/mol. The number of methoxy groups -OCH3 is 1. The Bertz CT molecular complexity index is 971. The molecular formula is C24H27Cl2NO5. The number of rotatable bonds is 7. The van der Waals surface area contributed by atoms with Gasteiger partial charge in [0.05, 0.1) is 12.7 Å². The van der Waals surface area contributed by atoms with Crippen molar-refractivity contribution in [3.8, 4) is 11.5 Å². The Morgan fingerprint density at radius 3 is 2.41 bits per heavy atom. The van der Waals surface area contributed by atoms with Crippen LogP contribution < -0.4 is 9.47 Å². The van der Waals surface area contributed by atoms with Gasteiger partial charge in [0.1, 0.15) is 6.61 Å². The lowest BCUT2D eigenvalue weighted by Crippen LogP contribution is -2.49. The number of nitrogens with zero attached hydrogens (tertiary/aromatic N) is 1. The van der Waals surface area contributed by atoms with Gasteiger partial charge < -0.3 is 19.1 Å². The quantitative estimate of drug-likeness (QED) is 0.488. The molecule has 0 aliphatic carbocycles. The molecule has 1 saturated heterocycles. The summed E-state index contributed by atoms with van der Waals surface area (Å²) < 4.78 is 16.4. The Hall–Kier alpha value is -2.44. The lowest BCUT2D eigenvalue weighted by Gasteiger charge is -2.38. The van der Waals surface area contributed by atoms with E-state index in [2.05, 4.69) is 0 Å². The van der Waals surface area contributed by atoms with Crippen molar-refractivity contribution in [1.82, 2.24) is 4.90 Å². The number of piperidine rings is 1. The Labute approximate surface area is 198 Å². The van der Waals surface area contributed by atoms with Crippen molar-refractivity contribution >= 4 is 35.1 Å². The van der Waals surface area contributed by atoms with Crippen LogP contribution in [0, 0.1) is 0 Å². The number of benzene rings is 2. The summed E-state index contributed by atoms with van der Waals surface area (Å²) in [4.78, 5) is 26.9. The van der Waals surface area contributed by atoms with Gasteiger partial charge in [-0.2, -0.15) is 0 Å². The number of halogens is 2. The maximum absolute atomic E-state index is 12.6.